The molecule has 2 unspecified atom stereocenters. The van der Waals surface area contributed by atoms with Gasteiger partial charge in [0, 0.05) is 13.0 Å². The van der Waals surface area contributed by atoms with Crippen LogP contribution in [0.15, 0.2) is 54.6 Å². The van der Waals surface area contributed by atoms with E-state index in [0.29, 0.717) is 17.9 Å². The zero-order valence-electron chi connectivity index (χ0n) is 13.6. The van der Waals surface area contributed by atoms with E-state index in [0.717, 1.165) is 5.56 Å². The van der Waals surface area contributed by atoms with E-state index in [9.17, 15) is 9.59 Å². The molecule has 0 aromatic heterocycles. The van der Waals surface area contributed by atoms with Crippen LogP contribution in [0, 0.1) is 5.92 Å². The molecule has 1 aliphatic rings. The van der Waals surface area contributed by atoms with Crippen molar-refractivity contribution in [1.82, 2.24) is 4.90 Å². The van der Waals surface area contributed by atoms with Crippen molar-refractivity contribution in [1.29, 1.82) is 0 Å². The number of nitrogen functional groups attached to an aromatic ring is 1. The van der Waals surface area contributed by atoms with Gasteiger partial charge in [-0.15, -0.1) is 0 Å². The smallest absolute Gasteiger partial charge is 0.229 e. The summed E-state index contributed by atoms with van der Waals surface area (Å²) >= 11 is 0. The van der Waals surface area contributed by atoms with Gasteiger partial charge in [0.15, 0.2) is 0 Å². The van der Waals surface area contributed by atoms with Gasteiger partial charge in [-0.2, -0.15) is 0 Å². The van der Waals surface area contributed by atoms with Crippen LogP contribution in [0.4, 0.5) is 11.4 Å². The van der Waals surface area contributed by atoms with Gasteiger partial charge < -0.3 is 16.0 Å². The molecule has 0 spiro atoms. The van der Waals surface area contributed by atoms with Gasteiger partial charge in [0.05, 0.1) is 23.3 Å². The molecule has 1 saturated heterocycles. The number of para-hydroxylation sites is 2. The maximum absolute atomic E-state index is 12.5. The topological polar surface area (TPSA) is 75.4 Å². The molecule has 1 fully saturated rings. The third-order valence-corrected chi connectivity index (χ3v) is 4.50. The molecule has 2 aromatic rings. The van der Waals surface area contributed by atoms with Crippen molar-refractivity contribution in [3.63, 3.8) is 0 Å². The number of carbonyl (C=O) groups excluding carboxylic acids is 2. The Hall–Kier alpha value is -2.82. The number of hydrogen-bond acceptors (Lipinski definition) is 3. The standard InChI is InChI=1S/C19H21N3O2/c1-13(14-7-3-2-4-8-14)22-12-15(11-18(22)23)19(24)21-17-10-6-5-9-16(17)20/h2-10,13,15H,11-12,20H2,1H3,(H,21,24). The van der Waals surface area contributed by atoms with Crippen molar-refractivity contribution < 1.29 is 9.59 Å². The minimum atomic E-state index is -0.358. The quantitative estimate of drug-likeness (QED) is 0.850. The second-order valence-corrected chi connectivity index (χ2v) is 6.11. The van der Waals surface area contributed by atoms with Crippen molar-refractivity contribution in [2.45, 2.75) is 19.4 Å². The highest BCUT2D eigenvalue weighted by Gasteiger charge is 2.37. The zero-order chi connectivity index (χ0) is 17.1. The largest absolute Gasteiger partial charge is 0.397 e. The molecule has 0 saturated carbocycles. The lowest BCUT2D eigenvalue weighted by Crippen LogP contribution is -2.30. The number of carbonyl (C=O) groups is 2. The van der Waals surface area contributed by atoms with E-state index in [2.05, 4.69) is 5.32 Å². The van der Waals surface area contributed by atoms with Gasteiger partial charge in [0.25, 0.3) is 0 Å². The van der Waals surface area contributed by atoms with Gasteiger partial charge in [0.2, 0.25) is 11.8 Å². The van der Waals surface area contributed by atoms with Gasteiger partial charge in [-0.05, 0) is 24.6 Å². The van der Waals surface area contributed by atoms with Crippen LogP contribution >= 0.6 is 0 Å². The van der Waals surface area contributed by atoms with E-state index >= 15 is 0 Å². The summed E-state index contributed by atoms with van der Waals surface area (Å²) in [5.74, 6) is -0.514. The summed E-state index contributed by atoms with van der Waals surface area (Å²) in [6, 6.07) is 16.9. The number of rotatable bonds is 4. The molecule has 1 heterocycles. The molecule has 1 aliphatic heterocycles. The number of nitrogens with two attached hydrogens (primary N) is 1. The van der Waals surface area contributed by atoms with Crippen LogP contribution in [-0.2, 0) is 9.59 Å². The van der Waals surface area contributed by atoms with E-state index in [1.807, 2.05) is 49.4 Å². The number of amides is 2. The van der Waals surface area contributed by atoms with Gasteiger partial charge >= 0.3 is 0 Å². The summed E-state index contributed by atoms with van der Waals surface area (Å²) in [7, 11) is 0. The Morgan fingerprint density at radius 1 is 1.17 bits per heavy atom. The Labute approximate surface area is 141 Å². The summed E-state index contributed by atoms with van der Waals surface area (Å²) in [6.45, 7) is 2.41. The Morgan fingerprint density at radius 2 is 1.83 bits per heavy atom. The summed E-state index contributed by atoms with van der Waals surface area (Å²) in [6.07, 6.45) is 0.232. The zero-order valence-corrected chi connectivity index (χ0v) is 13.6. The second-order valence-electron chi connectivity index (χ2n) is 6.11. The van der Waals surface area contributed by atoms with Crippen molar-refractivity contribution in [3.05, 3.63) is 60.2 Å². The Kier molecular flexibility index (Phi) is 4.51. The fourth-order valence-electron chi connectivity index (χ4n) is 3.04. The van der Waals surface area contributed by atoms with Crippen molar-refractivity contribution in [2.75, 3.05) is 17.6 Å². The van der Waals surface area contributed by atoms with Gasteiger partial charge in [-0.1, -0.05) is 42.5 Å². The van der Waals surface area contributed by atoms with Crippen LogP contribution in [0.1, 0.15) is 24.9 Å². The normalized spacial score (nSPS) is 18.5. The molecule has 0 radical (unpaired) electrons. The first-order valence-corrected chi connectivity index (χ1v) is 8.06. The number of likely N-dealkylation sites (tertiary alicyclic amines) is 1. The lowest BCUT2D eigenvalue weighted by molar-refractivity contribution is -0.129. The Bertz CT molecular complexity index is 745. The van der Waals surface area contributed by atoms with E-state index in [4.69, 9.17) is 5.73 Å². The predicted molar refractivity (Wildman–Crippen MR) is 94.2 cm³/mol. The Balaban J connectivity index is 1.68. The number of nitrogens with zero attached hydrogens (tertiary/aromatic N) is 1. The summed E-state index contributed by atoms with van der Waals surface area (Å²) in [5.41, 5.74) is 8.03. The molecule has 2 atom stereocenters. The number of hydrogen-bond donors (Lipinski definition) is 2. The van der Waals surface area contributed by atoms with Gasteiger partial charge in [-0.25, -0.2) is 0 Å². The van der Waals surface area contributed by atoms with Crippen molar-refractivity contribution in [2.24, 2.45) is 5.92 Å². The van der Waals surface area contributed by atoms with Crippen LogP contribution in [0.3, 0.4) is 0 Å². The van der Waals surface area contributed by atoms with Crippen LogP contribution in [0.5, 0.6) is 0 Å². The van der Waals surface area contributed by atoms with Crippen LogP contribution in [-0.4, -0.2) is 23.3 Å². The van der Waals surface area contributed by atoms with Crippen molar-refractivity contribution in [3.8, 4) is 0 Å². The minimum Gasteiger partial charge on any atom is -0.397 e. The molecule has 5 nitrogen and oxygen atoms in total. The molecule has 3 N–H and O–H groups in total. The number of nitrogens with one attached hydrogen (secondary N) is 1. The van der Waals surface area contributed by atoms with E-state index < -0.39 is 0 Å². The van der Waals surface area contributed by atoms with E-state index in [-0.39, 0.29) is 30.2 Å². The lowest BCUT2D eigenvalue weighted by Gasteiger charge is -2.25. The number of anilines is 2. The minimum absolute atomic E-state index is 0.00698. The highest BCUT2D eigenvalue weighted by atomic mass is 16.2. The lowest BCUT2D eigenvalue weighted by atomic mass is 10.1. The molecule has 2 amide bonds. The summed E-state index contributed by atoms with van der Waals surface area (Å²) in [4.78, 5) is 26.6. The molecule has 24 heavy (non-hydrogen) atoms. The van der Waals surface area contributed by atoms with Crippen LogP contribution in [0.2, 0.25) is 0 Å². The van der Waals surface area contributed by atoms with Crippen LogP contribution in [0.25, 0.3) is 0 Å². The average molecular weight is 323 g/mol. The highest BCUT2D eigenvalue weighted by Crippen LogP contribution is 2.29. The maximum atomic E-state index is 12.5. The fraction of sp³-hybridized carbons (Fsp3) is 0.263. The maximum Gasteiger partial charge on any atom is 0.229 e. The molecular formula is C19H21N3O2. The van der Waals surface area contributed by atoms with Gasteiger partial charge in [0.1, 0.15) is 0 Å². The van der Waals surface area contributed by atoms with E-state index in [1.54, 1.807) is 17.0 Å². The fourth-order valence-corrected chi connectivity index (χ4v) is 3.04. The monoisotopic (exact) mass is 323 g/mol. The average Bonchev–Trinajstić information content (AvgIpc) is 2.99. The molecular weight excluding hydrogens is 302 g/mol. The molecule has 0 aliphatic carbocycles. The van der Waals surface area contributed by atoms with Crippen molar-refractivity contribution >= 4 is 23.2 Å². The molecule has 2 aromatic carbocycles. The molecule has 124 valence electrons. The third kappa shape index (κ3) is 3.25. The summed E-state index contributed by atoms with van der Waals surface area (Å²) < 4.78 is 0. The highest BCUT2D eigenvalue weighted by molar-refractivity contribution is 5.99. The third-order valence-electron chi connectivity index (χ3n) is 4.50. The first-order chi connectivity index (χ1) is 11.6. The molecule has 5 heteroatoms. The van der Waals surface area contributed by atoms with Crippen LogP contribution < -0.4 is 11.1 Å². The first kappa shape index (κ1) is 16.1. The SMILES string of the molecule is CC(c1ccccc1)N1CC(C(=O)Nc2ccccc2N)CC1=O. The predicted octanol–water partition coefficient (Wildman–Crippen LogP) is 2.82. The molecule has 3 rings (SSSR count). The van der Waals surface area contributed by atoms with Gasteiger partial charge in [-0.3, -0.25) is 9.59 Å². The second kappa shape index (κ2) is 6.74. The Morgan fingerprint density at radius 3 is 2.54 bits per heavy atom. The first-order valence-electron chi connectivity index (χ1n) is 8.06. The number of benzene rings is 2. The molecule has 0 bridgehead atoms. The van der Waals surface area contributed by atoms with E-state index in [1.165, 1.54) is 0 Å². The summed E-state index contributed by atoms with van der Waals surface area (Å²) in [5, 5.41) is 2.83.